The van der Waals surface area contributed by atoms with Crippen LogP contribution in [-0.2, 0) is 32.2 Å². The molecule has 0 bridgehead atoms. The van der Waals surface area contributed by atoms with Gasteiger partial charge in [-0.1, -0.05) is 72.4 Å². The lowest BCUT2D eigenvalue weighted by molar-refractivity contribution is -0.345. The van der Waals surface area contributed by atoms with Crippen molar-refractivity contribution >= 4 is 40.5 Å². The molecule has 4 rings (SSSR count). The Morgan fingerprint density at radius 3 is 1.57 bits per heavy atom. The number of carbonyl (C=O) groups is 2. The van der Waals surface area contributed by atoms with Crippen LogP contribution >= 0.6 is 24.0 Å². The smallest absolute Gasteiger partial charge is 0.475 e. The Balaban J connectivity index is 0.000000230. The molecule has 230 valence electrons. The fourth-order valence-corrected chi connectivity index (χ4v) is 4.68. The molecule has 8 nitrogen and oxygen atoms in total. The van der Waals surface area contributed by atoms with Crippen LogP contribution in [0.3, 0.4) is 0 Å². The van der Waals surface area contributed by atoms with Crippen molar-refractivity contribution in [1.82, 2.24) is 9.80 Å². The lowest BCUT2D eigenvalue weighted by Gasteiger charge is -2.31. The van der Waals surface area contributed by atoms with Crippen LogP contribution in [0.1, 0.15) is 36.8 Å². The van der Waals surface area contributed by atoms with Gasteiger partial charge in [0.25, 0.3) is 0 Å². The molecule has 0 saturated carbocycles. The Morgan fingerprint density at radius 2 is 1.19 bits per heavy atom. The molecule has 0 atom stereocenters. The van der Waals surface area contributed by atoms with Gasteiger partial charge in [-0.25, -0.2) is 9.59 Å². The van der Waals surface area contributed by atoms with Gasteiger partial charge in [-0.05, 0) is 42.4 Å². The van der Waals surface area contributed by atoms with Gasteiger partial charge in [0.1, 0.15) is 19.3 Å². The average molecular weight is 629 g/mol. The highest BCUT2D eigenvalue weighted by molar-refractivity contribution is 8.22. The monoisotopic (exact) mass is 628 g/mol. The molecule has 2 aliphatic rings. The molecule has 2 amide bonds. The normalized spacial score (nSPS) is 16.2. The molecular weight excluding hydrogens is 593 g/mol. The van der Waals surface area contributed by atoms with Crippen molar-refractivity contribution in [2.45, 2.75) is 57.5 Å². The van der Waals surface area contributed by atoms with Gasteiger partial charge >= 0.3 is 18.5 Å². The van der Waals surface area contributed by atoms with E-state index in [1.807, 2.05) is 66.9 Å². The summed E-state index contributed by atoms with van der Waals surface area (Å²) in [7, 11) is 0. The van der Waals surface area contributed by atoms with E-state index >= 15 is 0 Å². The number of ether oxygens (including phenoxy) is 4. The van der Waals surface area contributed by atoms with E-state index in [4.69, 9.17) is 26.4 Å². The zero-order chi connectivity index (χ0) is 30.4. The average Bonchev–Trinajstić information content (AvgIpc) is 3.00. The number of hydrogen-bond acceptors (Lipinski definition) is 8. The minimum atomic E-state index is -4.62. The number of piperidine rings is 2. The number of thiocarbonyl (C=S) groups is 1. The molecule has 0 spiro atoms. The zero-order valence-electron chi connectivity index (χ0n) is 23.3. The van der Waals surface area contributed by atoms with E-state index in [1.54, 1.807) is 4.90 Å². The van der Waals surface area contributed by atoms with E-state index in [2.05, 4.69) is 4.74 Å². The summed E-state index contributed by atoms with van der Waals surface area (Å²) in [5.74, 6) is 0. The summed E-state index contributed by atoms with van der Waals surface area (Å²) < 4.78 is 56.8. The molecule has 2 saturated heterocycles. The number of benzene rings is 2. The maximum atomic E-state index is 12.1. The third-order valence-electron chi connectivity index (χ3n) is 6.54. The highest BCUT2D eigenvalue weighted by Gasteiger charge is 2.35. The molecule has 2 aromatic rings. The minimum absolute atomic E-state index is 0.114. The van der Waals surface area contributed by atoms with Crippen molar-refractivity contribution in [2.24, 2.45) is 0 Å². The van der Waals surface area contributed by atoms with E-state index in [9.17, 15) is 22.8 Å². The molecule has 0 unspecified atom stereocenters. The first-order valence-electron chi connectivity index (χ1n) is 13.5. The molecule has 0 N–H and O–H groups in total. The van der Waals surface area contributed by atoms with Crippen LogP contribution in [-0.4, -0.2) is 77.4 Å². The van der Waals surface area contributed by atoms with Crippen LogP contribution in [0.4, 0.5) is 22.8 Å². The third kappa shape index (κ3) is 12.5. The highest BCUT2D eigenvalue weighted by Crippen LogP contribution is 2.24. The minimum Gasteiger partial charge on any atom is -0.475 e. The first kappa shape index (κ1) is 33.5. The lowest BCUT2D eigenvalue weighted by Crippen LogP contribution is -2.42. The Hall–Kier alpha value is -3.03. The van der Waals surface area contributed by atoms with E-state index in [0.717, 1.165) is 24.0 Å². The molecular formula is C29H35F3N2O6S2. The van der Waals surface area contributed by atoms with Crippen LogP contribution in [0.5, 0.6) is 0 Å². The van der Waals surface area contributed by atoms with E-state index in [0.29, 0.717) is 24.1 Å². The van der Waals surface area contributed by atoms with Crippen LogP contribution in [0.15, 0.2) is 60.7 Å². The van der Waals surface area contributed by atoms with Crippen molar-refractivity contribution in [3.05, 3.63) is 71.8 Å². The van der Waals surface area contributed by atoms with Gasteiger partial charge in [0, 0.05) is 39.0 Å². The molecule has 2 aromatic carbocycles. The Morgan fingerprint density at radius 1 is 0.786 bits per heavy atom. The largest absolute Gasteiger partial charge is 0.522 e. The second-order valence-electron chi connectivity index (χ2n) is 9.59. The number of thioether (sulfide) groups is 1. The SMILES string of the molecule is CSC(=S)OC1CCN(C(=O)OCc2ccccc2)CC1.O=C(OCc1ccccc1)N1CCC(OC(F)(F)F)CC1. The summed E-state index contributed by atoms with van der Waals surface area (Å²) in [5.41, 5.74) is 1.86. The number of likely N-dealkylation sites (tertiary alicyclic amines) is 2. The van der Waals surface area contributed by atoms with E-state index in [-0.39, 0.29) is 44.7 Å². The number of alkyl halides is 3. The molecule has 13 heteroatoms. The van der Waals surface area contributed by atoms with Gasteiger partial charge in [-0.2, -0.15) is 0 Å². The number of hydrogen-bond donors (Lipinski definition) is 0. The van der Waals surface area contributed by atoms with Crippen LogP contribution in [0.25, 0.3) is 0 Å². The molecule has 0 radical (unpaired) electrons. The first-order valence-corrected chi connectivity index (χ1v) is 15.2. The molecule has 0 aromatic heterocycles. The lowest BCUT2D eigenvalue weighted by atomic mass is 10.1. The predicted molar refractivity (Wildman–Crippen MR) is 157 cm³/mol. The van der Waals surface area contributed by atoms with Crippen LogP contribution in [0.2, 0.25) is 0 Å². The maximum Gasteiger partial charge on any atom is 0.522 e. The summed E-state index contributed by atoms with van der Waals surface area (Å²) in [6.45, 7) is 2.17. The Labute approximate surface area is 253 Å². The van der Waals surface area contributed by atoms with Crippen molar-refractivity contribution in [1.29, 1.82) is 0 Å². The fourth-order valence-electron chi connectivity index (χ4n) is 4.31. The van der Waals surface area contributed by atoms with Crippen molar-refractivity contribution in [3.8, 4) is 0 Å². The summed E-state index contributed by atoms with van der Waals surface area (Å²) in [4.78, 5) is 26.9. The van der Waals surface area contributed by atoms with E-state index < -0.39 is 18.6 Å². The van der Waals surface area contributed by atoms with Crippen LogP contribution < -0.4 is 0 Å². The summed E-state index contributed by atoms with van der Waals surface area (Å²) >= 11 is 6.48. The third-order valence-corrected chi connectivity index (χ3v) is 7.57. The van der Waals surface area contributed by atoms with Crippen molar-refractivity contribution in [3.63, 3.8) is 0 Å². The second-order valence-corrected chi connectivity index (χ2v) is 11.0. The molecule has 42 heavy (non-hydrogen) atoms. The number of rotatable bonds is 6. The number of carbonyl (C=O) groups excluding carboxylic acids is 2. The topological polar surface area (TPSA) is 77.5 Å². The van der Waals surface area contributed by atoms with Crippen LogP contribution in [0, 0.1) is 0 Å². The predicted octanol–water partition coefficient (Wildman–Crippen LogP) is 6.78. The number of halogens is 3. The van der Waals surface area contributed by atoms with Crippen molar-refractivity contribution in [2.75, 3.05) is 32.4 Å². The number of amides is 2. The van der Waals surface area contributed by atoms with E-state index in [1.165, 1.54) is 16.7 Å². The first-order chi connectivity index (χ1) is 20.1. The summed E-state index contributed by atoms with van der Waals surface area (Å²) in [6, 6.07) is 18.9. The fraction of sp³-hybridized carbons (Fsp3) is 0.483. The molecule has 0 aliphatic carbocycles. The Bertz CT molecular complexity index is 1110. The van der Waals surface area contributed by atoms with Gasteiger partial charge in [-0.15, -0.1) is 13.2 Å². The van der Waals surface area contributed by atoms with Gasteiger partial charge in [0.15, 0.2) is 0 Å². The molecule has 2 fully saturated rings. The summed E-state index contributed by atoms with van der Waals surface area (Å²) in [6.07, 6.45) is -2.37. The quantitative estimate of drug-likeness (QED) is 0.324. The summed E-state index contributed by atoms with van der Waals surface area (Å²) in [5, 5.41) is 0. The van der Waals surface area contributed by atoms with Gasteiger partial charge < -0.3 is 24.0 Å². The maximum absolute atomic E-state index is 12.1. The standard InChI is InChI=1S/C15H19NO3S2.C14H16F3NO3/c1-21-15(20)19-13-7-9-16(10-8-13)14(17)18-11-12-5-3-2-4-6-12;15-14(16,17)21-12-6-8-18(9-7-12)13(19)20-10-11-4-2-1-3-5-11/h2-6,13H,7-11H2,1H3;1-5,12H,6-10H2. The van der Waals surface area contributed by atoms with Gasteiger partial charge in [0.05, 0.1) is 6.10 Å². The van der Waals surface area contributed by atoms with Gasteiger partial charge in [-0.3, -0.25) is 4.74 Å². The van der Waals surface area contributed by atoms with Crippen molar-refractivity contribution < 1.29 is 41.7 Å². The zero-order valence-corrected chi connectivity index (χ0v) is 24.9. The molecule has 2 aliphatic heterocycles. The highest BCUT2D eigenvalue weighted by atomic mass is 32.2. The second kappa shape index (κ2) is 17.2. The van der Waals surface area contributed by atoms with Gasteiger partial charge in [0.2, 0.25) is 4.38 Å². The Kier molecular flexibility index (Phi) is 13.7. The number of nitrogens with zero attached hydrogens (tertiary/aromatic N) is 2. The molecule has 2 heterocycles.